The van der Waals surface area contributed by atoms with Crippen LogP contribution in [0.15, 0.2) is 60.7 Å². The van der Waals surface area contributed by atoms with Gasteiger partial charge < -0.3 is 10.6 Å². The summed E-state index contributed by atoms with van der Waals surface area (Å²) in [6, 6.07) is 20.2. The maximum Gasteiger partial charge on any atom is 0.223 e. The summed E-state index contributed by atoms with van der Waals surface area (Å²) >= 11 is 0. The van der Waals surface area contributed by atoms with Gasteiger partial charge in [0.2, 0.25) is 5.91 Å². The molecule has 0 aromatic heterocycles. The molecule has 22 heavy (non-hydrogen) atoms. The molecule has 1 heterocycles. The number of hydrogen-bond acceptors (Lipinski definition) is 2. The van der Waals surface area contributed by atoms with Crippen molar-refractivity contribution in [3.63, 3.8) is 0 Å². The number of benzene rings is 2. The van der Waals surface area contributed by atoms with Gasteiger partial charge in [0, 0.05) is 5.92 Å². The Morgan fingerprint density at radius 1 is 1.00 bits per heavy atom. The van der Waals surface area contributed by atoms with E-state index in [4.69, 9.17) is 0 Å². The molecular formula is C19H22N2O. The second-order valence-corrected chi connectivity index (χ2v) is 5.97. The van der Waals surface area contributed by atoms with Crippen molar-refractivity contribution >= 4 is 5.91 Å². The maximum atomic E-state index is 12.6. The fourth-order valence-electron chi connectivity index (χ4n) is 2.80. The smallest absolute Gasteiger partial charge is 0.223 e. The van der Waals surface area contributed by atoms with Gasteiger partial charge in [0.1, 0.15) is 0 Å². The second-order valence-electron chi connectivity index (χ2n) is 5.97. The zero-order valence-corrected chi connectivity index (χ0v) is 12.8. The summed E-state index contributed by atoms with van der Waals surface area (Å²) < 4.78 is 0. The fourth-order valence-corrected chi connectivity index (χ4v) is 2.80. The summed E-state index contributed by atoms with van der Waals surface area (Å²) in [5.74, 6) is 0.618. The molecule has 3 heteroatoms. The average Bonchev–Trinajstić information content (AvgIpc) is 2.52. The minimum atomic E-state index is -0.0922. The van der Waals surface area contributed by atoms with E-state index in [9.17, 15) is 4.79 Å². The quantitative estimate of drug-likeness (QED) is 0.890. The molecule has 0 radical (unpaired) electrons. The number of amides is 1. The van der Waals surface area contributed by atoms with E-state index in [-0.39, 0.29) is 17.9 Å². The van der Waals surface area contributed by atoms with E-state index < -0.39 is 0 Å². The van der Waals surface area contributed by atoms with E-state index in [1.807, 2.05) is 43.3 Å². The van der Waals surface area contributed by atoms with Gasteiger partial charge in [-0.05, 0) is 30.1 Å². The number of hydrogen-bond donors (Lipinski definition) is 2. The molecule has 1 atom stereocenters. The molecule has 0 aliphatic carbocycles. The zero-order chi connectivity index (χ0) is 15.4. The lowest BCUT2D eigenvalue weighted by molar-refractivity contribution is -0.127. The van der Waals surface area contributed by atoms with Crippen LogP contribution in [-0.2, 0) is 4.79 Å². The number of rotatable bonds is 5. The van der Waals surface area contributed by atoms with Crippen molar-refractivity contribution in [2.24, 2.45) is 11.8 Å². The first-order valence-corrected chi connectivity index (χ1v) is 7.86. The standard InChI is InChI=1S/C19H22N2O/c1-14(17-12-20-13-17)19(22)21-18(15-8-4-2-5-9-15)16-10-6-3-7-11-16/h2-11,14,17-18,20H,12-13H2,1H3,(H,21,22). The Morgan fingerprint density at radius 2 is 1.50 bits per heavy atom. The first-order valence-electron chi connectivity index (χ1n) is 7.86. The third kappa shape index (κ3) is 3.20. The highest BCUT2D eigenvalue weighted by atomic mass is 16.1. The van der Waals surface area contributed by atoms with Gasteiger partial charge in [-0.25, -0.2) is 0 Å². The Hall–Kier alpha value is -2.13. The van der Waals surface area contributed by atoms with Gasteiger partial charge in [0.05, 0.1) is 6.04 Å². The fraction of sp³-hybridized carbons (Fsp3) is 0.316. The van der Waals surface area contributed by atoms with Gasteiger partial charge in [-0.3, -0.25) is 4.79 Å². The van der Waals surface area contributed by atoms with E-state index in [0.717, 1.165) is 24.2 Å². The lowest BCUT2D eigenvalue weighted by Gasteiger charge is -2.33. The van der Waals surface area contributed by atoms with Gasteiger partial charge in [-0.1, -0.05) is 67.6 Å². The van der Waals surface area contributed by atoms with E-state index in [0.29, 0.717) is 5.92 Å². The molecule has 1 aliphatic rings. The van der Waals surface area contributed by atoms with Crippen LogP contribution in [0.1, 0.15) is 24.1 Å². The minimum Gasteiger partial charge on any atom is -0.345 e. The Bertz CT molecular complexity index is 568. The van der Waals surface area contributed by atoms with Crippen molar-refractivity contribution in [3.8, 4) is 0 Å². The number of carbonyl (C=O) groups excluding carboxylic acids is 1. The highest BCUT2D eigenvalue weighted by Crippen LogP contribution is 2.24. The van der Waals surface area contributed by atoms with E-state index in [1.165, 1.54) is 0 Å². The monoisotopic (exact) mass is 294 g/mol. The van der Waals surface area contributed by atoms with Gasteiger partial charge in [0.25, 0.3) is 0 Å². The highest BCUT2D eigenvalue weighted by molar-refractivity contribution is 5.79. The van der Waals surface area contributed by atoms with Crippen molar-refractivity contribution < 1.29 is 4.79 Å². The van der Waals surface area contributed by atoms with Gasteiger partial charge in [-0.15, -0.1) is 0 Å². The van der Waals surface area contributed by atoms with Crippen LogP contribution in [0.3, 0.4) is 0 Å². The molecule has 1 amide bonds. The van der Waals surface area contributed by atoms with Gasteiger partial charge >= 0.3 is 0 Å². The third-order valence-electron chi connectivity index (χ3n) is 4.49. The third-order valence-corrected chi connectivity index (χ3v) is 4.49. The predicted molar refractivity (Wildman–Crippen MR) is 88.4 cm³/mol. The number of carbonyl (C=O) groups is 1. The predicted octanol–water partition coefficient (Wildman–Crippen LogP) is 2.75. The van der Waals surface area contributed by atoms with Crippen LogP contribution in [0.4, 0.5) is 0 Å². The topological polar surface area (TPSA) is 41.1 Å². The molecule has 2 aromatic carbocycles. The van der Waals surface area contributed by atoms with Crippen molar-refractivity contribution in [3.05, 3.63) is 71.8 Å². The molecule has 3 rings (SSSR count). The minimum absolute atomic E-state index is 0.0381. The molecule has 114 valence electrons. The number of nitrogens with one attached hydrogen (secondary N) is 2. The molecule has 3 nitrogen and oxygen atoms in total. The Kier molecular flexibility index (Phi) is 4.54. The van der Waals surface area contributed by atoms with Crippen LogP contribution in [0, 0.1) is 11.8 Å². The van der Waals surface area contributed by atoms with Crippen molar-refractivity contribution in [2.75, 3.05) is 13.1 Å². The molecule has 1 fully saturated rings. The SMILES string of the molecule is CC(C(=O)NC(c1ccccc1)c1ccccc1)C1CNC1. The molecule has 2 aromatic rings. The summed E-state index contributed by atoms with van der Waals surface area (Å²) in [5.41, 5.74) is 2.22. The zero-order valence-electron chi connectivity index (χ0n) is 12.8. The van der Waals surface area contributed by atoms with E-state index >= 15 is 0 Å². The summed E-state index contributed by atoms with van der Waals surface area (Å²) in [5, 5.41) is 6.47. The largest absolute Gasteiger partial charge is 0.345 e. The van der Waals surface area contributed by atoms with Crippen LogP contribution in [0.25, 0.3) is 0 Å². The second kappa shape index (κ2) is 6.75. The van der Waals surface area contributed by atoms with E-state index in [1.54, 1.807) is 0 Å². The molecule has 1 saturated heterocycles. The first kappa shape index (κ1) is 14.8. The van der Waals surface area contributed by atoms with E-state index in [2.05, 4.69) is 34.9 Å². The summed E-state index contributed by atoms with van der Waals surface area (Å²) in [4.78, 5) is 12.6. The summed E-state index contributed by atoms with van der Waals surface area (Å²) in [7, 11) is 0. The maximum absolute atomic E-state index is 12.6. The average molecular weight is 294 g/mol. The molecule has 0 spiro atoms. The van der Waals surface area contributed by atoms with Crippen LogP contribution in [0.2, 0.25) is 0 Å². The molecular weight excluding hydrogens is 272 g/mol. The van der Waals surface area contributed by atoms with Crippen LogP contribution in [0.5, 0.6) is 0 Å². The lowest BCUT2D eigenvalue weighted by Crippen LogP contribution is -2.50. The van der Waals surface area contributed by atoms with Crippen LogP contribution >= 0.6 is 0 Å². The Balaban J connectivity index is 1.81. The van der Waals surface area contributed by atoms with Gasteiger partial charge in [-0.2, -0.15) is 0 Å². The first-order chi connectivity index (χ1) is 10.8. The Labute approximate surface area is 131 Å². The Morgan fingerprint density at radius 3 is 1.91 bits per heavy atom. The van der Waals surface area contributed by atoms with Crippen LogP contribution < -0.4 is 10.6 Å². The summed E-state index contributed by atoms with van der Waals surface area (Å²) in [6.07, 6.45) is 0. The molecule has 0 saturated carbocycles. The van der Waals surface area contributed by atoms with Gasteiger partial charge in [0.15, 0.2) is 0 Å². The molecule has 2 N–H and O–H groups in total. The molecule has 0 bridgehead atoms. The normalized spacial score (nSPS) is 16.1. The summed E-state index contributed by atoms with van der Waals surface area (Å²) in [6.45, 7) is 3.90. The van der Waals surface area contributed by atoms with Crippen molar-refractivity contribution in [2.45, 2.75) is 13.0 Å². The van der Waals surface area contributed by atoms with Crippen molar-refractivity contribution in [1.29, 1.82) is 0 Å². The molecule has 1 unspecified atom stereocenters. The van der Waals surface area contributed by atoms with Crippen LogP contribution in [-0.4, -0.2) is 19.0 Å². The molecule has 1 aliphatic heterocycles. The van der Waals surface area contributed by atoms with Crippen molar-refractivity contribution in [1.82, 2.24) is 10.6 Å². The lowest BCUT2D eigenvalue weighted by atomic mass is 9.87. The highest BCUT2D eigenvalue weighted by Gasteiger charge is 2.30.